The Balaban J connectivity index is 2.69. The summed E-state index contributed by atoms with van der Waals surface area (Å²) in [6, 6.07) is 1.26. The number of aliphatic imine (C=N–C) groups is 1. The van der Waals surface area contributed by atoms with Crippen molar-refractivity contribution in [3.05, 3.63) is 47.1 Å². The van der Waals surface area contributed by atoms with E-state index in [4.69, 9.17) is 19.9 Å². The third-order valence-corrected chi connectivity index (χ3v) is 7.47. The number of fused-ring (bicyclic) bond motifs is 2. The van der Waals surface area contributed by atoms with Crippen LogP contribution in [0.2, 0.25) is 0 Å². The smallest absolute Gasteiger partial charge is 0.405 e. The molecular formula is C32H48N4O8. The molecule has 0 aromatic heterocycles. The van der Waals surface area contributed by atoms with Crippen LogP contribution in [0.3, 0.4) is 0 Å². The highest BCUT2D eigenvalue weighted by Crippen LogP contribution is 2.44. The molecule has 0 radical (unpaired) electrons. The Hall–Kier alpha value is -3.71. The average Bonchev–Trinajstić information content (AvgIpc) is 2.95. The summed E-state index contributed by atoms with van der Waals surface area (Å²) in [7, 11) is 6.71. The number of rotatable bonds is 6. The van der Waals surface area contributed by atoms with E-state index in [1.165, 1.54) is 26.4 Å². The zero-order chi connectivity index (χ0) is 33.1. The molecule has 44 heavy (non-hydrogen) atoms. The molecule has 1 aromatic carbocycles. The van der Waals surface area contributed by atoms with Gasteiger partial charge in [0.15, 0.2) is 6.10 Å². The van der Waals surface area contributed by atoms with Crippen LogP contribution in [0.1, 0.15) is 39.7 Å². The van der Waals surface area contributed by atoms with Crippen LogP contribution in [0.15, 0.2) is 46.5 Å². The van der Waals surface area contributed by atoms with Gasteiger partial charge in [-0.15, -0.1) is 0 Å². The van der Waals surface area contributed by atoms with Crippen LogP contribution < -0.4 is 11.1 Å². The van der Waals surface area contributed by atoms with Gasteiger partial charge in [-0.05, 0) is 52.3 Å². The molecule has 12 nitrogen and oxygen atoms in total. The fourth-order valence-electron chi connectivity index (χ4n) is 5.03. The molecule has 0 spiro atoms. The van der Waals surface area contributed by atoms with E-state index in [0.29, 0.717) is 24.1 Å². The molecule has 0 aliphatic carbocycles. The Kier molecular flexibility index (Phi) is 14.1. The third kappa shape index (κ3) is 10.2. The number of anilines is 1. The molecule has 6 N–H and O–H groups in total. The molecule has 0 fully saturated rings. The molecule has 2 rings (SSSR count). The molecule has 0 saturated heterocycles. The van der Waals surface area contributed by atoms with Crippen LogP contribution in [0.4, 0.5) is 16.2 Å². The first-order valence-corrected chi connectivity index (χ1v) is 14.5. The topological polar surface area (TPSA) is 176 Å². The lowest BCUT2D eigenvalue weighted by molar-refractivity contribution is -0.112. The van der Waals surface area contributed by atoms with E-state index in [-0.39, 0.29) is 40.8 Å². The van der Waals surface area contributed by atoms with Gasteiger partial charge in [0.1, 0.15) is 23.3 Å². The molecule has 2 bridgehead atoms. The van der Waals surface area contributed by atoms with Crippen molar-refractivity contribution in [1.82, 2.24) is 4.90 Å². The zero-order valence-electron chi connectivity index (χ0n) is 26.9. The summed E-state index contributed by atoms with van der Waals surface area (Å²) >= 11 is 0. The highest BCUT2D eigenvalue weighted by molar-refractivity contribution is 6.04. The predicted molar refractivity (Wildman–Crippen MR) is 170 cm³/mol. The highest BCUT2D eigenvalue weighted by atomic mass is 16.6. The van der Waals surface area contributed by atoms with Crippen LogP contribution in [-0.2, 0) is 25.4 Å². The first-order valence-electron chi connectivity index (χ1n) is 14.5. The number of benzene rings is 1. The molecule has 1 aromatic rings. The van der Waals surface area contributed by atoms with Gasteiger partial charge in [0.25, 0.3) is 5.91 Å². The number of primary amides is 1. The molecule has 244 valence electrons. The highest BCUT2D eigenvalue weighted by Gasteiger charge is 2.30. The van der Waals surface area contributed by atoms with E-state index >= 15 is 0 Å². The number of amides is 2. The van der Waals surface area contributed by atoms with Gasteiger partial charge in [0.2, 0.25) is 0 Å². The number of phenolic OH excluding ortho intramolecular Hbond substituents is 2. The van der Waals surface area contributed by atoms with E-state index in [1.54, 1.807) is 38.3 Å². The van der Waals surface area contributed by atoms with Gasteiger partial charge in [-0.25, -0.2) is 4.79 Å². The Morgan fingerprint density at radius 2 is 1.89 bits per heavy atom. The summed E-state index contributed by atoms with van der Waals surface area (Å²) in [4.78, 5) is 31.2. The number of hydrogen-bond donors (Lipinski definition) is 5. The first kappa shape index (κ1) is 36.5. The minimum absolute atomic E-state index is 0.0253. The van der Waals surface area contributed by atoms with Crippen molar-refractivity contribution in [3.63, 3.8) is 0 Å². The Bertz CT molecular complexity index is 1270. The van der Waals surface area contributed by atoms with Crippen molar-refractivity contribution >= 4 is 29.6 Å². The number of nitrogens with one attached hydrogen (secondary N) is 1. The first-order chi connectivity index (χ1) is 20.7. The molecule has 12 heteroatoms. The monoisotopic (exact) mass is 616 g/mol. The van der Waals surface area contributed by atoms with Crippen LogP contribution in [0.25, 0.3) is 0 Å². The lowest BCUT2D eigenvalue weighted by Gasteiger charge is -2.29. The molecular weight excluding hydrogens is 568 g/mol. The number of methoxy groups -OCH3 is 2. The fraction of sp³-hybridized carbons (Fsp3) is 0.531. The normalized spacial score (nSPS) is 25.9. The minimum atomic E-state index is -0.991. The number of aromatic hydroxyl groups is 2. The van der Waals surface area contributed by atoms with Crippen molar-refractivity contribution in [2.45, 2.75) is 65.0 Å². The second-order valence-electron chi connectivity index (χ2n) is 11.5. The maximum atomic E-state index is 13.1. The van der Waals surface area contributed by atoms with E-state index in [1.807, 2.05) is 32.8 Å². The van der Waals surface area contributed by atoms with Crippen molar-refractivity contribution < 1.29 is 39.1 Å². The Labute approximate surface area is 259 Å². The number of aliphatic hydroxyl groups is 1. The molecule has 1 aliphatic heterocycles. The average molecular weight is 617 g/mol. The van der Waals surface area contributed by atoms with E-state index in [9.17, 15) is 24.9 Å². The number of carbonyl (C=O) groups is 2. The van der Waals surface area contributed by atoms with Crippen molar-refractivity contribution in [2.75, 3.05) is 40.2 Å². The van der Waals surface area contributed by atoms with Crippen LogP contribution in [-0.4, -0.2) is 97.7 Å². The van der Waals surface area contributed by atoms with Gasteiger partial charge < -0.3 is 45.5 Å². The van der Waals surface area contributed by atoms with Crippen LogP contribution in [0, 0.1) is 11.8 Å². The van der Waals surface area contributed by atoms with Crippen LogP contribution >= 0.6 is 0 Å². The number of phenols is 2. The molecule has 6 atom stereocenters. The summed E-state index contributed by atoms with van der Waals surface area (Å²) in [6.07, 6.45) is 4.57. The number of aliphatic hydroxyl groups excluding tert-OH is 1. The molecule has 0 unspecified atom stereocenters. The van der Waals surface area contributed by atoms with E-state index in [0.717, 1.165) is 0 Å². The maximum absolute atomic E-state index is 13.1. The molecule has 2 amide bonds. The number of hydrogen-bond acceptors (Lipinski definition) is 10. The van der Waals surface area contributed by atoms with Crippen molar-refractivity contribution in [1.29, 1.82) is 0 Å². The minimum Gasteiger partial charge on any atom is -0.506 e. The van der Waals surface area contributed by atoms with E-state index in [2.05, 4.69) is 10.3 Å². The Morgan fingerprint density at radius 1 is 1.20 bits per heavy atom. The maximum Gasteiger partial charge on any atom is 0.405 e. The van der Waals surface area contributed by atoms with Gasteiger partial charge >= 0.3 is 6.09 Å². The number of carbonyl (C=O) groups excluding carboxylic acids is 2. The van der Waals surface area contributed by atoms with Crippen molar-refractivity contribution in [3.8, 4) is 11.5 Å². The van der Waals surface area contributed by atoms with E-state index < -0.39 is 42.3 Å². The molecule has 1 heterocycles. The number of allylic oxidation sites excluding steroid dienone is 2. The summed E-state index contributed by atoms with van der Waals surface area (Å²) < 4.78 is 16.7. The Morgan fingerprint density at radius 3 is 2.48 bits per heavy atom. The lowest BCUT2D eigenvalue weighted by Crippen LogP contribution is -2.37. The number of nitrogens with two attached hydrogens (primary N) is 1. The van der Waals surface area contributed by atoms with Gasteiger partial charge in [-0.3, -0.25) is 9.79 Å². The zero-order valence-corrected chi connectivity index (χ0v) is 26.9. The lowest BCUT2D eigenvalue weighted by atomic mass is 9.87. The second-order valence-corrected chi connectivity index (χ2v) is 11.5. The summed E-state index contributed by atoms with van der Waals surface area (Å²) in [5, 5.41) is 36.2. The van der Waals surface area contributed by atoms with Gasteiger partial charge in [-0.1, -0.05) is 38.2 Å². The summed E-state index contributed by atoms with van der Waals surface area (Å²) in [5.41, 5.74) is 6.82. The molecule has 1 aliphatic rings. The second kappa shape index (κ2) is 17.0. The predicted octanol–water partition coefficient (Wildman–Crippen LogP) is 3.82. The largest absolute Gasteiger partial charge is 0.506 e. The van der Waals surface area contributed by atoms with Gasteiger partial charge in [0, 0.05) is 50.1 Å². The summed E-state index contributed by atoms with van der Waals surface area (Å²) in [6.45, 7) is 7.59. The van der Waals surface area contributed by atoms with Gasteiger partial charge in [-0.2, -0.15) is 0 Å². The third-order valence-electron chi connectivity index (χ3n) is 7.47. The quantitative estimate of drug-likeness (QED) is 0.138. The van der Waals surface area contributed by atoms with Crippen LogP contribution in [0.5, 0.6) is 11.5 Å². The fourth-order valence-corrected chi connectivity index (χ4v) is 5.03. The van der Waals surface area contributed by atoms with Gasteiger partial charge in [0.05, 0.1) is 17.9 Å². The number of ether oxygens (including phenoxy) is 3. The standard InChI is InChI=1S/C32H48N4O8/c1-18-14-22-27(34-12-13-36(5)6)24(37)17-23(29(22)39)35-31(40)19(2)10-9-11-25(42-7)30(44-32(33)41)21(4)16-20(3)28(38)26(15-18)43-8/h9-12,16-18,20,25-26,28,30,37-39H,13-15H2,1-8H3,(H2,33,41)(H,35,40)/t18-,20+,25+,26+,28-,30+/m1/s1. The SMILES string of the molecule is CO[C@H]1C=CC=C(C)C(=O)Nc2cc(O)c(N=CCN(C)C)c(c2O)C[C@@H](C)C[C@H](OC)[C@H](O)[C@@H](C)C=C(C)[C@@H]1OC(N)=O. The van der Waals surface area contributed by atoms with Crippen molar-refractivity contribution in [2.24, 2.45) is 22.6 Å². The summed E-state index contributed by atoms with van der Waals surface area (Å²) in [5.74, 6) is -1.53. The number of nitrogens with zero attached hydrogens (tertiary/aromatic N) is 2. The molecule has 0 saturated carbocycles.